The number of halogens is 2. The molecule has 0 fully saturated rings. The molecule has 2 aromatic rings. The van der Waals surface area contributed by atoms with Crippen LogP contribution in [0.15, 0.2) is 42.5 Å². The fraction of sp³-hybridized carbons (Fsp3) is 0.263. The summed E-state index contributed by atoms with van der Waals surface area (Å²) in [6.07, 6.45) is 0.267. The fourth-order valence-electron chi connectivity index (χ4n) is 2.26. The maximum atomic E-state index is 12.0. The smallest absolute Gasteiger partial charge is 0.252 e. The van der Waals surface area contributed by atoms with Crippen molar-refractivity contribution in [3.05, 3.63) is 63.6 Å². The first kappa shape index (κ1) is 20.1. The third-order valence-electron chi connectivity index (χ3n) is 3.51. The van der Waals surface area contributed by atoms with Crippen LogP contribution in [0.2, 0.25) is 10.0 Å². The lowest BCUT2D eigenvalue weighted by Gasteiger charge is -2.09. The zero-order valence-corrected chi connectivity index (χ0v) is 15.9. The molecule has 138 valence electrons. The Hall–Kier alpha value is -2.24. The van der Waals surface area contributed by atoms with E-state index in [0.717, 1.165) is 11.3 Å². The minimum atomic E-state index is -0.313. The highest BCUT2D eigenvalue weighted by Crippen LogP contribution is 2.20. The van der Waals surface area contributed by atoms with E-state index in [2.05, 4.69) is 10.6 Å². The van der Waals surface area contributed by atoms with E-state index in [0.29, 0.717) is 30.3 Å². The van der Waals surface area contributed by atoms with E-state index in [1.165, 1.54) is 6.07 Å². The van der Waals surface area contributed by atoms with Crippen molar-refractivity contribution in [3.63, 3.8) is 0 Å². The summed E-state index contributed by atoms with van der Waals surface area (Å²) < 4.78 is 5.36. The van der Waals surface area contributed by atoms with Gasteiger partial charge in [0, 0.05) is 18.1 Å². The Morgan fingerprint density at radius 1 is 1.00 bits per heavy atom. The highest BCUT2D eigenvalue weighted by molar-refractivity contribution is 6.36. The quantitative estimate of drug-likeness (QED) is 0.673. The topological polar surface area (TPSA) is 67.4 Å². The molecule has 0 saturated heterocycles. The summed E-state index contributed by atoms with van der Waals surface area (Å²) in [7, 11) is 0. The molecule has 0 heterocycles. The molecule has 7 heteroatoms. The second-order valence-electron chi connectivity index (χ2n) is 5.48. The first-order chi connectivity index (χ1) is 12.5. The average molecular weight is 395 g/mol. The van der Waals surface area contributed by atoms with Crippen LogP contribution in [0.4, 0.5) is 0 Å². The molecule has 0 bridgehead atoms. The number of ether oxygens (including phenoxy) is 1. The van der Waals surface area contributed by atoms with E-state index in [1.807, 2.05) is 31.2 Å². The summed E-state index contributed by atoms with van der Waals surface area (Å²) in [5, 5.41) is 6.22. The molecule has 2 N–H and O–H groups in total. The van der Waals surface area contributed by atoms with Crippen molar-refractivity contribution in [1.82, 2.24) is 10.6 Å². The van der Waals surface area contributed by atoms with Crippen LogP contribution in [-0.4, -0.2) is 31.5 Å². The predicted octanol–water partition coefficient (Wildman–Crippen LogP) is 3.48. The van der Waals surface area contributed by atoms with Gasteiger partial charge >= 0.3 is 0 Å². The molecule has 5 nitrogen and oxygen atoms in total. The van der Waals surface area contributed by atoms with Gasteiger partial charge in [-0.2, -0.15) is 0 Å². The molecule has 0 atom stereocenters. The van der Waals surface area contributed by atoms with Crippen molar-refractivity contribution in [2.75, 3.05) is 19.7 Å². The fourth-order valence-corrected chi connectivity index (χ4v) is 2.76. The summed E-state index contributed by atoms with van der Waals surface area (Å²) >= 11 is 11.8. The number of nitrogens with one attached hydrogen (secondary N) is 2. The van der Waals surface area contributed by atoms with Gasteiger partial charge in [-0.1, -0.05) is 35.3 Å². The van der Waals surface area contributed by atoms with Gasteiger partial charge in [0.25, 0.3) is 5.91 Å². The summed E-state index contributed by atoms with van der Waals surface area (Å²) in [6.45, 7) is 3.15. The Bertz CT molecular complexity index is 764. The van der Waals surface area contributed by atoms with Gasteiger partial charge in [-0.25, -0.2) is 0 Å². The number of hydrogen-bond donors (Lipinski definition) is 2. The molecule has 0 aliphatic rings. The molecule has 0 aliphatic heterocycles. The molecule has 2 aromatic carbocycles. The standard InChI is InChI=1S/C19H20Cl2N2O3/c1-2-26-15-6-3-13(4-7-15)11-18(24)22-9-10-23-19(25)16-8-5-14(20)12-17(16)21/h3-8,12H,2,9-11H2,1H3,(H,22,24)(H,23,25). The molecule has 0 radical (unpaired) electrons. The lowest BCUT2D eigenvalue weighted by atomic mass is 10.1. The van der Waals surface area contributed by atoms with Gasteiger partial charge < -0.3 is 15.4 Å². The summed E-state index contributed by atoms with van der Waals surface area (Å²) in [6, 6.07) is 12.1. The van der Waals surface area contributed by atoms with Gasteiger partial charge in [0.2, 0.25) is 5.91 Å². The van der Waals surface area contributed by atoms with Crippen LogP contribution in [0.1, 0.15) is 22.8 Å². The minimum Gasteiger partial charge on any atom is -0.494 e. The van der Waals surface area contributed by atoms with Crippen LogP contribution in [0, 0.1) is 0 Å². The monoisotopic (exact) mass is 394 g/mol. The van der Waals surface area contributed by atoms with Crippen molar-refractivity contribution < 1.29 is 14.3 Å². The largest absolute Gasteiger partial charge is 0.494 e. The highest BCUT2D eigenvalue weighted by atomic mass is 35.5. The second kappa shape index (κ2) is 10.0. The Morgan fingerprint density at radius 3 is 2.35 bits per heavy atom. The maximum absolute atomic E-state index is 12.0. The molecule has 0 saturated carbocycles. The van der Waals surface area contributed by atoms with Crippen molar-refractivity contribution >= 4 is 35.0 Å². The number of amides is 2. The normalized spacial score (nSPS) is 10.3. The van der Waals surface area contributed by atoms with Gasteiger partial charge in [0.1, 0.15) is 5.75 Å². The molecule has 0 aromatic heterocycles. The van der Waals surface area contributed by atoms with Gasteiger partial charge in [-0.15, -0.1) is 0 Å². The first-order valence-electron chi connectivity index (χ1n) is 8.21. The van der Waals surface area contributed by atoms with E-state index in [-0.39, 0.29) is 23.3 Å². The zero-order chi connectivity index (χ0) is 18.9. The Morgan fingerprint density at radius 2 is 1.69 bits per heavy atom. The van der Waals surface area contributed by atoms with Crippen molar-refractivity contribution in [1.29, 1.82) is 0 Å². The van der Waals surface area contributed by atoms with Gasteiger partial charge in [-0.3, -0.25) is 9.59 Å². The van der Waals surface area contributed by atoms with Crippen LogP contribution >= 0.6 is 23.2 Å². The van der Waals surface area contributed by atoms with E-state index in [9.17, 15) is 9.59 Å². The van der Waals surface area contributed by atoms with Crippen LogP contribution in [-0.2, 0) is 11.2 Å². The lowest BCUT2D eigenvalue weighted by molar-refractivity contribution is -0.120. The predicted molar refractivity (Wildman–Crippen MR) is 103 cm³/mol. The number of carbonyl (C=O) groups is 2. The summed E-state index contributed by atoms with van der Waals surface area (Å²) in [5.74, 6) is 0.348. The van der Waals surface area contributed by atoms with E-state index in [4.69, 9.17) is 27.9 Å². The van der Waals surface area contributed by atoms with E-state index >= 15 is 0 Å². The van der Waals surface area contributed by atoms with Crippen molar-refractivity contribution in [2.24, 2.45) is 0 Å². The first-order valence-corrected chi connectivity index (χ1v) is 8.97. The third kappa shape index (κ3) is 6.24. The molecular formula is C19H20Cl2N2O3. The molecule has 2 amide bonds. The maximum Gasteiger partial charge on any atom is 0.252 e. The van der Waals surface area contributed by atoms with E-state index in [1.54, 1.807) is 12.1 Å². The Balaban J connectivity index is 1.71. The summed E-state index contributed by atoms with van der Waals surface area (Å²) in [4.78, 5) is 24.0. The number of rotatable bonds is 8. The third-order valence-corrected chi connectivity index (χ3v) is 4.06. The SMILES string of the molecule is CCOc1ccc(CC(=O)NCCNC(=O)c2ccc(Cl)cc2Cl)cc1. The Kier molecular flexibility index (Phi) is 7.75. The van der Waals surface area contributed by atoms with Gasteiger partial charge in [0.15, 0.2) is 0 Å². The minimum absolute atomic E-state index is 0.118. The number of carbonyl (C=O) groups excluding carboxylic acids is 2. The Labute approximate surface area is 162 Å². The highest BCUT2D eigenvalue weighted by Gasteiger charge is 2.10. The van der Waals surface area contributed by atoms with Crippen LogP contribution < -0.4 is 15.4 Å². The second-order valence-corrected chi connectivity index (χ2v) is 6.33. The van der Waals surface area contributed by atoms with Crippen molar-refractivity contribution in [2.45, 2.75) is 13.3 Å². The van der Waals surface area contributed by atoms with Crippen LogP contribution in [0.5, 0.6) is 5.75 Å². The number of hydrogen-bond acceptors (Lipinski definition) is 3. The number of benzene rings is 2. The summed E-state index contributed by atoms with van der Waals surface area (Å²) in [5.41, 5.74) is 1.24. The van der Waals surface area contributed by atoms with Crippen LogP contribution in [0.3, 0.4) is 0 Å². The van der Waals surface area contributed by atoms with Crippen molar-refractivity contribution in [3.8, 4) is 5.75 Å². The van der Waals surface area contributed by atoms with E-state index < -0.39 is 0 Å². The van der Waals surface area contributed by atoms with Gasteiger partial charge in [-0.05, 0) is 42.8 Å². The molecule has 0 unspecified atom stereocenters. The molecule has 2 rings (SSSR count). The average Bonchev–Trinajstić information content (AvgIpc) is 2.60. The molecule has 26 heavy (non-hydrogen) atoms. The molecule has 0 aliphatic carbocycles. The van der Waals surface area contributed by atoms with Crippen LogP contribution in [0.25, 0.3) is 0 Å². The molecular weight excluding hydrogens is 375 g/mol. The lowest BCUT2D eigenvalue weighted by Crippen LogP contribution is -2.35. The molecule has 0 spiro atoms. The zero-order valence-electron chi connectivity index (χ0n) is 14.4. The van der Waals surface area contributed by atoms with Gasteiger partial charge in [0.05, 0.1) is 23.6 Å².